The molecule has 0 aliphatic rings. The first-order chi connectivity index (χ1) is 17.0. The van der Waals surface area contributed by atoms with E-state index in [9.17, 15) is 14.4 Å². The molecular formula is C27H33ClO8. The highest BCUT2D eigenvalue weighted by atomic mass is 35.5. The average molecular weight is 521 g/mol. The molecule has 8 nitrogen and oxygen atoms in total. The van der Waals surface area contributed by atoms with Gasteiger partial charge in [-0.2, -0.15) is 0 Å². The van der Waals surface area contributed by atoms with Gasteiger partial charge in [-0.15, -0.1) is 11.6 Å². The fourth-order valence-corrected chi connectivity index (χ4v) is 3.54. The number of carbonyl (C=O) groups is 3. The van der Waals surface area contributed by atoms with Crippen molar-refractivity contribution in [3.05, 3.63) is 59.7 Å². The maximum atomic E-state index is 11.3. The normalized spacial score (nSPS) is 12.7. The number of alkyl halides is 1. The van der Waals surface area contributed by atoms with Gasteiger partial charge in [0.2, 0.25) is 0 Å². The Kier molecular flexibility index (Phi) is 11.0. The van der Waals surface area contributed by atoms with Gasteiger partial charge in [-0.3, -0.25) is 14.4 Å². The standard InChI is InChI=1S/C27H33ClO8/c1-18(29)32-16-26(36-20(3)31)17-34-24-12-8-22(9-13-24)27(4,5)21-6-10-23(11-7-21)33-15-25(14-28)35-19(2)30/h6-13,25-26H,14-17H2,1-5H3/t25-,26-/m1/s1. The van der Waals surface area contributed by atoms with Gasteiger partial charge in [-0.1, -0.05) is 38.1 Å². The summed E-state index contributed by atoms with van der Waals surface area (Å²) < 4.78 is 26.6. The lowest BCUT2D eigenvalue weighted by Gasteiger charge is -2.27. The first-order valence-corrected chi connectivity index (χ1v) is 12.0. The number of benzene rings is 2. The van der Waals surface area contributed by atoms with Crippen LogP contribution in [0.25, 0.3) is 0 Å². The van der Waals surface area contributed by atoms with Crippen LogP contribution in [0.3, 0.4) is 0 Å². The lowest BCUT2D eigenvalue weighted by atomic mass is 9.78. The summed E-state index contributed by atoms with van der Waals surface area (Å²) in [5.74, 6) is 0.0638. The molecule has 0 N–H and O–H groups in total. The van der Waals surface area contributed by atoms with E-state index in [2.05, 4.69) is 13.8 Å². The molecule has 0 saturated heterocycles. The van der Waals surface area contributed by atoms with E-state index in [-0.39, 0.29) is 31.1 Å². The quantitative estimate of drug-likeness (QED) is 0.217. The highest BCUT2D eigenvalue weighted by Gasteiger charge is 2.23. The topological polar surface area (TPSA) is 97.4 Å². The minimum Gasteiger partial charge on any atom is -0.490 e. The van der Waals surface area contributed by atoms with Crippen molar-refractivity contribution in [3.8, 4) is 11.5 Å². The van der Waals surface area contributed by atoms with Crippen molar-refractivity contribution in [2.45, 2.75) is 52.2 Å². The van der Waals surface area contributed by atoms with Gasteiger partial charge in [-0.25, -0.2) is 0 Å². The first kappa shape index (κ1) is 29.0. The minimum absolute atomic E-state index is 0.0547. The van der Waals surface area contributed by atoms with Crippen LogP contribution in [0, 0.1) is 0 Å². The predicted octanol–water partition coefficient (Wildman–Crippen LogP) is 4.44. The zero-order valence-electron chi connectivity index (χ0n) is 21.2. The van der Waals surface area contributed by atoms with Gasteiger partial charge < -0.3 is 23.7 Å². The smallest absolute Gasteiger partial charge is 0.303 e. The summed E-state index contributed by atoms with van der Waals surface area (Å²) in [5, 5.41) is 0. The molecule has 0 saturated carbocycles. The van der Waals surface area contributed by atoms with Gasteiger partial charge in [-0.05, 0) is 35.4 Å². The molecule has 0 fully saturated rings. The summed E-state index contributed by atoms with van der Waals surface area (Å²) in [5.41, 5.74) is 1.84. The van der Waals surface area contributed by atoms with Gasteiger partial charge in [0, 0.05) is 26.2 Å². The second-order valence-electron chi connectivity index (χ2n) is 8.72. The molecule has 0 aliphatic carbocycles. The molecule has 9 heteroatoms. The van der Waals surface area contributed by atoms with Crippen LogP contribution in [0.1, 0.15) is 45.7 Å². The van der Waals surface area contributed by atoms with Crippen LogP contribution in [0.15, 0.2) is 48.5 Å². The van der Waals surface area contributed by atoms with E-state index >= 15 is 0 Å². The lowest BCUT2D eigenvalue weighted by Crippen LogP contribution is -2.29. The lowest BCUT2D eigenvalue weighted by molar-refractivity contribution is -0.158. The largest absolute Gasteiger partial charge is 0.490 e. The highest BCUT2D eigenvalue weighted by molar-refractivity contribution is 6.18. The van der Waals surface area contributed by atoms with E-state index in [4.69, 9.17) is 35.3 Å². The van der Waals surface area contributed by atoms with Crippen LogP contribution >= 0.6 is 11.6 Å². The van der Waals surface area contributed by atoms with E-state index in [0.717, 1.165) is 11.1 Å². The molecule has 2 atom stereocenters. The minimum atomic E-state index is -0.697. The zero-order chi connectivity index (χ0) is 26.7. The van der Waals surface area contributed by atoms with E-state index < -0.39 is 30.1 Å². The third kappa shape index (κ3) is 9.41. The summed E-state index contributed by atoms with van der Waals surface area (Å²) in [6.07, 6.45) is -1.20. The fraction of sp³-hybridized carbons (Fsp3) is 0.444. The van der Waals surface area contributed by atoms with Crippen molar-refractivity contribution in [1.82, 2.24) is 0 Å². The van der Waals surface area contributed by atoms with Crippen molar-refractivity contribution >= 4 is 29.5 Å². The Morgan fingerprint density at radius 3 is 1.50 bits per heavy atom. The molecule has 0 aliphatic heterocycles. The molecule has 0 unspecified atom stereocenters. The summed E-state index contributed by atoms with van der Waals surface area (Å²) in [4.78, 5) is 33.5. The molecule has 2 rings (SSSR count). The van der Waals surface area contributed by atoms with E-state index in [1.165, 1.54) is 20.8 Å². The second-order valence-corrected chi connectivity index (χ2v) is 9.02. The third-order valence-electron chi connectivity index (χ3n) is 5.33. The van der Waals surface area contributed by atoms with Gasteiger partial charge in [0.25, 0.3) is 0 Å². The molecule has 0 amide bonds. The first-order valence-electron chi connectivity index (χ1n) is 11.5. The number of carbonyl (C=O) groups excluding carboxylic acids is 3. The fourth-order valence-electron chi connectivity index (χ4n) is 3.39. The summed E-state index contributed by atoms with van der Waals surface area (Å²) >= 11 is 5.82. The maximum absolute atomic E-state index is 11.3. The van der Waals surface area contributed by atoms with Gasteiger partial charge in [0.05, 0.1) is 5.88 Å². The van der Waals surface area contributed by atoms with Crippen molar-refractivity contribution in [2.75, 3.05) is 25.7 Å². The van der Waals surface area contributed by atoms with E-state index in [1.54, 1.807) is 0 Å². The van der Waals surface area contributed by atoms with Crippen LogP contribution in [-0.2, 0) is 34.0 Å². The van der Waals surface area contributed by atoms with Gasteiger partial charge in [0.15, 0.2) is 6.10 Å². The molecular weight excluding hydrogens is 488 g/mol. The predicted molar refractivity (Wildman–Crippen MR) is 134 cm³/mol. The number of halogens is 1. The molecule has 0 radical (unpaired) electrons. The number of ether oxygens (including phenoxy) is 5. The number of esters is 3. The number of hydrogen-bond acceptors (Lipinski definition) is 8. The van der Waals surface area contributed by atoms with Crippen molar-refractivity contribution < 1.29 is 38.1 Å². The Balaban J connectivity index is 1.99. The van der Waals surface area contributed by atoms with Crippen LogP contribution in [0.2, 0.25) is 0 Å². The van der Waals surface area contributed by atoms with Crippen LogP contribution in [0.4, 0.5) is 0 Å². The average Bonchev–Trinajstić information content (AvgIpc) is 2.83. The van der Waals surface area contributed by atoms with Crippen LogP contribution in [0.5, 0.6) is 11.5 Å². The third-order valence-corrected chi connectivity index (χ3v) is 5.68. The Hall–Kier alpha value is -3.26. The van der Waals surface area contributed by atoms with Gasteiger partial charge >= 0.3 is 17.9 Å². The zero-order valence-corrected chi connectivity index (χ0v) is 22.0. The van der Waals surface area contributed by atoms with E-state index in [0.29, 0.717) is 11.5 Å². The van der Waals surface area contributed by atoms with Crippen molar-refractivity contribution in [2.24, 2.45) is 0 Å². The monoisotopic (exact) mass is 520 g/mol. The Labute approximate surface area is 216 Å². The molecule has 0 spiro atoms. The number of hydrogen-bond donors (Lipinski definition) is 0. The number of rotatable bonds is 13. The second kappa shape index (κ2) is 13.7. The maximum Gasteiger partial charge on any atom is 0.303 e. The molecule has 0 aromatic heterocycles. The van der Waals surface area contributed by atoms with Gasteiger partial charge in [0.1, 0.15) is 37.4 Å². The van der Waals surface area contributed by atoms with Crippen LogP contribution < -0.4 is 9.47 Å². The Morgan fingerprint density at radius 2 is 1.11 bits per heavy atom. The highest BCUT2D eigenvalue weighted by Crippen LogP contribution is 2.33. The molecule has 0 bridgehead atoms. The molecule has 0 heterocycles. The summed E-state index contributed by atoms with van der Waals surface area (Å²) in [6, 6.07) is 15.3. The molecule has 2 aromatic carbocycles. The Bertz CT molecular complexity index is 1000. The van der Waals surface area contributed by atoms with Crippen molar-refractivity contribution in [1.29, 1.82) is 0 Å². The molecule has 196 valence electrons. The van der Waals surface area contributed by atoms with Crippen molar-refractivity contribution in [3.63, 3.8) is 0 Å². The van der Waals surface area contributed by atoms with Crippen LogP contribution in [-0.4, -0.2) is 55.8 Å². The Morgan fingerprint density at radius 1 is 0.694 bits per heavy atom. The molecule has 2 aromatic rings. The summed E-state index contributed by atoms with van der Waals surface area (Å²) in [6.45, 7) is 8.28. The SMILES string of the molecule is CC(=O)OC[C@H](COc1ccc(C(C)(C)c2ccc(OC[C@@H](CCl)OC(C)=O)cc2)cc1)OC(C)=O. The molecule has 36 heavy (non-hydrogen) atoms. The summed E-state index contributed by atoms with van der Waals surface area (Å²) in [7, 11) is 0. The van der Waals surface area contributed by atoms with E-state index in [1.807, 2.05) is 48.5 Å².